The Morgan fingerprint density at radius 3 is 2.32 bits per heavy atom. The van der Waals surface area contributed by atoms with Gasteiger partial charge in [-0.15, -0.1) is 0 Å². The molecule has 0 radical (unpaired) electrons. The number of para-hydroxylation sites is 2. The molecule has 1 aromatic carbocycles. The lowest BCUT2D eigenvalue weighted by molar-refractivity contribution is 0.0285. The minimum absolute atomic E-state index is 0.00714. The van der Waals surface area contributed by atoms with Gasteiger partial charge in [0, 0.05) is 12.6 Å². The van der Waals surface area contributed by atoms with Gasteiger partial charge in [0.25, 0.3) is 0 Å². The van der Waals surface area contributed by atoms with Crippen molar-refractivity contribution in [2.45, 2.75) is 39.2 Å². The van der Waals surface area contributed by atoms with E-state index in [4.69, 9.17) is 0 Å². The van der Waals surface area contributed by atoms with E-state index in [1.807, 2.05) is 38.1 Å². The molecular formula is C19H26N4O2. The highest BCUT2D eigenvalue weighted by Gasteiger charge is 2.39. The first-order valence-corrected chi connectivity index (χ1v) is 9.23. The summed E-state index contributed by atoms with van der Waals surface area (Å²) < 4.78 is 2.98. The van der Waals surface area contributed by atoms with Crippen LogP contribution in [0.5, 0.6) is 0 Å². The van der Waals surface area contributed by atoms with Crippen LogP contribution < -0.4 is 11.0 Å². The molecule has 25 heavy (non-hydrogen) atoms. The molecule has 0 saturated carbocycles. The number of rotatable bonds is 3. The van der Waals surface area contributed by atoms with Crippen LogP contribution >= 0.6 is 0 Å². The molecule has 0 aliphatic carbocycles. The zero-order valence-corrected chi connectivity index (χ0v) is 15.0. The molecule has 3 aliphatic rings. The summed E-state index contributed by atoms with van der Waals surface area (Å²) in [4.78, 5) is 28.2. The lowest BCUT2D eigenvalue weighted by atomic mass is 9.72. The molecule has 6 nitrogen and oxygen atoms in total. The van der Waals surface area contributed by atoms with E-state index in [0.29, 0.717) is 12.1 Å². The van der Waals surface area contributed by atoms with E-state index in [1.165, 1.54) is 4.57 Å². The third-order valence-electron chi connectivity index (χ3n) is 5.99. The van der Waals surface area contributed by atoms with Crippen LogP contribution in [-0.4, -0.2) is 46.2 Å². The lowest BCUT2D eigenvalue weighted by Crippen LogP contribution is -2.53. The summed E-state index contributed by atoms with van der Waals surface area (Å²) in [6, 6.07) is 7.21. The standard InChI is InChI=1S/C19H26N4O2/c1-14(2)22-15-5-3-4-6-16(15)23(18(22)25)17(24)20-13-19-7-10-21(11-8-19)12-9-19/h3-6,14H,7-13H2,1-2H3,(H,20,24). The molecule has 0 spiro atoms. The molecule has 134 valence electrons. The van der Waals surface area contributed by atoms with Crippen molar-refractivity contribution in [2.75, 3.05) is 26.2 Å². The quantitative estimate of drug-likeness (QED) is 0.932. The molecule has 0 unspecified atom stereocenters. The van der Waals surface area contributed by atoms with Gasteiger partial charge in [-0.1, -0.05) is 12.1 Å². The molecule has 4 heterocycles. The Labute approximate surface area is 147 Å². The molecule has 6 heteroatoms. The van der Waals surface area contributed by atoms with E-state index >= 15 is 0 Å². The molecule has 1 amide bonds. The normalized spacial score (nSPS) is 25.6. The summed E-state index contributed by atoms with van der Waals surface area (Å²) >= 11 is 0. The van der Waals surface area contributed by atoms with Crippen LogP contribution in [0.4, 0.5) is 4.79 Å². The first-order valence-electron chi connectivity index (χ1n) is 9.23. The SMILES string of the molecule is CC(C)n1c(=O)n(C(=O)NCC23CCN(CC2)CC3)c2ccccc21. The third kappa shape index (κ3) is 2.68. The predicted octanol–water partition coefficient (Wildman–Crippen LogP) is 2.43. The number of amides is 1. The molecule has 3 fully saturated rings. The average Bonchev–Trinajstić information content (AvgIpc) is 2.93. The van der Waals surface area contributed by atoms with Crippen molar-refractivity contribution in [2.24, 2.45) is 5.41 Å². The van der Waals surface area contributed by atoms with Gasteiger partial charge >= 0.3 is 11.7 Å². The van der Waals surface area contributed by atoms with Gasteiger partial charge in [0.2, 0.25) is 0 Å². The van der Waals surface area contributed by atoms with Gasteiger partial charge in [-0.2, -0.15) is 0 Å². The maximum atomic E-state index is 12.9. The third-order valence-corrected chi connectivity index (χ3v) is 5.99. The number of hydrogen-bond acceptors (Lipinski definition) is 3. The van der Waals surface area contributed by atoms with E-state index < -0.39 is 0 Å². The van der Waals surface area contributed by atoms with Crippen molar-refractivity contribution in [1.29, 1.82) is 0 Å². The summed E-state index contributed by atoms with van der Waals surface area (Å²) in [5.41, 5.74) is 1.44. The van der Waals surface area contributed by atoms with Gasteiger partial charge in [0.05, 0.1) is 11.0 Å². The molecule has 1 N–H and O–H groups in total. The zero-order valence-electron chi connectivity index (χ0n) is 15.0. The number of fused-ring (bicyclic) bond motifs is 4. The van der Waals surface area contributed by atoms with Crippen molar-refractivity contribution < 1.29 is 4.79 Å². The van der Waals surface area contributed by atoms with Crippen molar-refractivity contribution in [3.05, 3.63) is 34.7 Å². The Morgan fingerprint density at radius 1 is 1.12 bits per heavy atom. The summed E-state index contributed by atoms with van der Waals surface area (Å²) in [6.45, 7) is 7.97. The first kappa shape index (κ1) is 16.4. The number of nitrogens with one attached hydrogen (secondary N) is 1. The van der Waals surface area contributed by atoms with Gasteiger partial charge in [-0.3, -0.25) is 4.57 Å². The number of carbonyl (C=O) groups is 1. The van der Waals surface area contributed by atoms with Crippen molar-refractivity contribution >= 4 is 17.1 Å². The van der Waals surface area contributed by atoms with Crippen LogP contribution in [-0.2, 0) is 0 Å². The average molecular weight is 342 g/mol. The Morgan fingerprint density at radius 2 is 1.72 bits per heavy atom. The number of carbonyl (C=O) groups excluding carboxylic acids is 1. The summed E-state index contributed by atoms with van der Waals surface area (Å²) in [6.07, 6.45) is 3.40. The summed E-state index contributed by atoms with van der Waals surface area (Å²) in [7, 11) is 0. The number of hydrogen-bond donors (Lipinski definition) is 1. The number of imidazole rings is 1. The number of aromatic nitrogens is 2. The summed E-state index contributed by atoms with van der Waals surface area (Å²) in [5.74, 6) is 0. The highest BCUT2D eigenvalue weighted by molar-refractivity contribution is 5.89. The van der Waals surface area contributed by atoms with Crippen molar-refractivity contribution in [3.8, 4) is 0 Å². The second kappa shape index (κ2) is 6.02. The van der Waals surface area contributed by atoms with Gasteiger partial charge in [0.1, 0.15) is 0 Å². The largest absolute Gasteiger partial charge is 0.337 e. The topological polar surface area (TPSA) is 59.3 Å². The first-order chi connectivity index (χ1) is 12.0. The molecule has 2 bridgehead atoms. The van der Waals surface area contributed by atoms with E-state index in [2.05, 4.69) is 10.2 Å². The maximum absolute atomic E-state index is 12.9. The van der Waals surface area contributed by atoms with Crippen LogP contribution in [0, 0.1) is 5.41 Å². The Balaban J connectivity index is 1.62. The summed E-state index contributed by atoms with van der Waals surface area (Å²) in [5, 5.41) is 3.06. The zero-order chi connectivity index (χ0) is 17.6. The van der Waals surface area contributed by atoms with Crippen molar-refractivity contribution in [3.63, 3.8) is 0 Å². The van der Waals surface area contributed by atoms with Crippen LogP contribution in [0.1, 0.15) is 39.2 Å². The van der Waals surface area contributed by atoms with E-state index in [0.717, 1.165) is 44.4 Å². The fraction of sp³-hybridized carbons (Fsp3) is 0.579. The predicted molar refractivity (Wildman–Crippen MR) is 98.1 cm³/mol. The molecule has 5 rings (SSSR count). The number of benzene rings is 1. The Kier molecular flexibility index (Phi) is 3.95. The lowest BCUT2D eigenvalue weighted by Gasteiger charge is -2.48. The number of nitrogens with zero attached hydrogens (tertiary/aromatic N) is 3. The minimum atomic E-state index is -0.303. The Bertz CT molecular complexity index is 842. The second-order valence-corrected chi connectivity index (χ2v) is 7.82. The van der Waals surface area contributed by atoms with Gasteiger partial charge in [0.15, 0.2) is 0 Å². The van der Waals surface area contributed by atoms with Gasteiger partial charge in [-0.05, 0) is 70.3 Å². The highest BCUT2D eigenvalue weighted by Crippen LogP contribution is 2.39. The molecular weight excluding hydrogens is 316 g/mol. The molecule has 3 aliphatic heterocycles. The molecule has 3 saturated heterocycles. The second-order valence-electron chi connectivity index (χ2n) is 7.82. The number of piperidine rings is 3. The van der Waals surface area contributed by atoms with E-state index in [-0.39, 0.29) is 23.2 Å². The van der Waals surface area contributed by atoms with E-state index in [1.54, 1.807) is 4.57 Å². The van der Waals surface area contributed by atoms with Crippen LogP contribution in [0.15, 0.2) is 29.1 Å². The van der Waals surface area contributed by atoms with Crippen LogP contribution in [0.3, 0.4) is 0 Å². The van der Waals surface area contributed by atoms with Gasteiger partial charge < -0.3 is 10.2 Å². The maximum Gasteiger partial charge on any atom is 0.337 e. The van der Waals surface area contributed by atoms with E-state index in [9.17, 15) is 9.59 Å². The fourth-order valence-electron chi connectivity index (χ4n) is 4.37. The molecule has 2 aromatic rings. The Hall–Kier alpha value is -2.08. The monoisotopic (exact) mass is 342 g/mol. The molecule has 1 aromatic heterocycles. The van der Waals surface area contributed by atoms with Crippen LogP contribution in [0.2, 0.25) is 0 Å². The fourth-order valence-corrected chi connectivity index (χ4v) is 4.37. The van der Waals surface area contributed by atoms with Crippen molar-refractivity contribution in [1.82, 2.24) is 19.4 Å². The minimum Gasteiger partial charge on any atom is -0.337 e. The smallest absolute Gasteiger partial charge is 0.337 e. The molecule has 0 atom stereocenters. The van der Waals surface area contributed by atoms with Crippen LogP contribution in [0.25, 0.3) is 11.0 Å². The highest BCUT2D eigenvalue weighted by atomic mass is 16.2. The van der Waals surface area contributed by atoms with Gasteiger partial charge in [-0.25, -0.2) is 14.2 Å².